The highest BCUT2D eigenvalue weighted by Crippen LogP contribution is 2.30. The second kappa shape index (κ2) is 11.1. The van der Waals surface area contributed by atoms with Crippen LogP contribution in [0.1, 0.15) is 13.3 Å². The molecule has 2 heterocycles. The van der Waals surface area contributed by atoms with Gasteiger partial charge < -0.3 is 59.4 Å². The first-order valence-corrected chi connectivity index (χ1v) is 9.44. The number of ether oxygens (including phenoxy) is 5. The van der Waals surface area contributed by atoms with Crippen LogP contribution in [0.15, 0.2) is 0 Å². The van der Waals surface area contributed by atoms with E-state index in [1.165, 1.54) is 14.0 Å². The monoisotopic (exact) mass is 442 g/mol. The fraction of sp³-hybridized carbons (Fsp3) is 0.941. The summed E-state index contributed by atoms with van der Waals surface area (Å²) in [5.74, 6) is -1.14. The van der Waals surface area contributed by atoms with Crippen molar-refractivity contribution < 1.29 is 64.2 Å². The standard InChI is InChI=1S/C17H30O13/c1-6(3-9(19)20)27-17-15(13(24)11(22)8(29-17)5-26-2)30-16-14(25)12(23)10(21)7(4-18)28-16/h6-8,10-18,21-25H,3-5H2,1-2H3,(H,19,20)/t6-,7?,8?,10+,11+,12?,13?,14-,15-,16-,17?/m0/s1. The van der Waals surface area contributed by atoms with Crippen molar-refractivity contribution in [3.8, 4) is 0 Å². The van der Waals surface area contributed by atoms with E-state index in [2.05, 4.69) is 0 Å². The maximum Gasteiger partial charge on any atom is 0.305 e. The molecule has 7 N–H and O–H groups in total. The Morgan fingerprint density at radius 2 is 1.53 bits per heavy atom. The highest BCUT2D eigenvalue weighted by molar-refractivity contribution is 5.67. The van der Waals surface area contributed by atoms with Gasteiger partial charge in [0.25, 0.3) is 0 Å². The average Bonchev–Trinajstić information content (AvgIpc) is 2.68. The molecule has 0 amide bonds. The van der Waals surface area contributed by atoms with Gasteiger partial charge in [0.1, 0.15) is 48.8 Å². The summed E-state index contributed by atoms with van der Waals surface area (Å²) in [6.45, 7) is 0.645. The van der Waals surface area contributed by atoms with Gasteiger partial charge in [-0.25, -0.2) is 0 Å². The molecule has 0 aromatic carbocycles. The van der Waals surface area contributed by atoms with Crippen molar-refractivity contribution in [1.82, 2.24) is 0 Å². The van der Waals surface area contributed by atoms with Crippen molar-refractivity contribution in [2.24, 2.45) is 0 Å². The number of aliphatic hydroxyl groups is 6. The zero-order valence-corrected chi connectivity index (χ0v) is 16.6. The summed E-state index contributed by atoms with van der Waals surface area (Å²) in [7, 11) is 1.35. The first-order chi connectivity index (χ1) is 14.1. The van der Waals surface area contributed by atoms with Crippen LogP contribution < -0.4 is 0 Å². The SMILES string of the molecule is COCC1OC(O[C@@H](C)CC(=O)O)[C@@H](O[C@@H]2OC(CO)[C@@H](O)C(O)[C@@H]2O)C(O)[C@@H]1O. The van der Waals surface area contributed by atoms with Crippen LogP contribution >= 0.6 is 0 Å². The molecule has 0 spiro atoms. The molecule has 13 nitrogen and oxygen atoms in total. The summed E-state index contributed by atoms with van der Waals surface area (Å²) >= 11 is 0. The van der Waals surface area contributed by atoms with Crippen LogP contribution in [0.3, 0.4) is 0 Å². The van der Waals surface area contributed by atoms with E-state index in [0.717, 1.165) is 0 Å². The molecule has 2 aliphatic heterocycles. The first kappa shape index (κ1) is 25.3. The van der Waals surface area contributed by atoms with Gasteiger partial charge in [-0.15, -0.1) is 0 Å². The lowest BCUT2D eigenvalue weighted by Gasteiger charge is -2.46. The van der Waals surface area contributed by atoms with Crippen molar-refractivity contribution in [1.29, 1.82) is 0 Å². The normalized spacial score (nSPS) is 43.3. The van der Waals surface area contributed by atoms with E-state index in [4.69, 9.17) is 28.8 Å². The van der Waals surface area contributed by atoms with E-state index >= 15 is 0 Å². The molecule has 13 heteroatoms. The molecular weight excluding hydrogens is 412 g/mol. The molecule has 0 aromatic rings. The minimum absolute atomic E-state index is 0.113. The van der Waals surface area contributed by atoms with Crippen LogP contribution in [-0.4, -0.2) is 130 Å². The van der Waals surface area contributed by atoms with Gasteiger partial charge in [0.2, 0.25) is 0 Å². The van der Waals surface area contributed by atoms with E-state index in [1.54, 1.807) is 0 Å². The lowest BCUT2D eigenvalue weighted by atomic mass is 9.97. The summed E-state index contributed by atoms with van der Waals surface area (Å²) in [6.07, 6.45) is -16.3. The maximum absolute atomic E-state index is 10.9. The second-order valence-electron chi connectivity index (χ2n) is 7.32. The highest BCUT2D eigenvalue weighted by atomic mass is 16.8. The summed E-state index contributed by atoms with van der Waals surface area (Å²) < 4.78 is 26.8. The topological polar surface area (TPSA) is 205 Å². The van der Waals surface area contributed by atoms with E-state index in [1.807, 2.05) is 0 Å². The number of aliphatic carboxylic acids is 1. The number of carboxylic acid groups (broad SMARTS) is 1. The Bertz CT molecular complexity index is 546. The average molecular weight is 442 g/mol. The quantitative estimate of drug-likeness (QED) is 0.183. The zero-order valence-electron chi connectivity index (χ0n) is 16.6. The number of carbonyl (C=O) groups is 1. The van der Waals surface area contributed by atoms with Crippen LogP contribution in [0.25, 0.3) is 0 Å². The fourth-order valence-electron chi connectivity index (χ4n) is 3.32. The summed E-state index contributed by atoms with van der Waals surface area (Å²) in [4.78, 5) is 10.9. The number of methoxy groups -OCH3 is 1. The molecule has 0 aromatic heterocycles. The lowest BCUT2D eigenvalue weighted by Crippen LogP contribution is -2.65. The Kier molecular flexibility index (Phi) is 9.32. The van der Waals surface area contributed by atoms with E-state index < -0.39 is 80.1 Å². The third-order valence-electron chi connectivity index (χ3n) is 4.94. The van der Waals surface area contributed by atoms with E-state index in [0.29, 0.717) is 0 Å². The molecule has 2 rings (SSSR count). The number of hydrogen-bond acceptors (Lipinski definition) is 12. The first-order valence-electron chi connectivity index (χ1n) is 9.44. The lowest BCUT2D eigenvalue weighted by molar-refractivity contribution is -0.371. The minimum atomic E-state index is -1.76. The van der Waals surface area contributed by atoms with Gasteiger partial charge >= 0.3 is 5.97 Å². The van der Waals surface area contributed by atoms with Gasteiger partial charge in [0, 0.05) is 7.11 Å². The van der Waals surface area contributed by atoms with Gasteiger partial charge in [-0.05, 0) is 6.92 Å². The molecular formula is C17H30O13. The van der Waals surface area contributed by atoms with Crippen LogP contribution in [0.5, 0.6) is 0 Å². The molecule has 0 aliphatic carbocycles. The largest absolute Gasteiger partial charge is 0.481 e. The van der Waals surface area contributed by atoms with Crippen molar-refractivity contribution in [2.45, 2.75) is 80.9 Å². The summed E-state index contributed by atoms with van der Waals surface area (Å²) in [5.41, 5.74) is 0. The Labute approximate surface area is 172 Å². The number of carboxylic acids is 1. The van der Waals surface area contributed by atoms with Gasteiger partial charge in [0.05, 0.1) is 25.7 Å². The fourth-order valence-corrected chi connectivity index (χ4v) is 3.32. The van der Waals surface area contributed by atoms with Crippen LogP contribution in [-0.2, 0) is 28.5 Å². The maximum atomic E-state index is 10.9. The molecule has 2 fully saturated rings. The van der Waals surface area contributed by atoms with Gasteiger partial charge in [-0.3, -0.25) is 4.79 Å². The Hall–Kier alpha value is -0.970. The molecule has 11 atom stereocenters. The number of hydrogen-bond donors (Lipinski definition) is 7. The van der Waals surface area contributed by atoms with Gasteiger partial charge in [0.15, 0.2) is 12.6 Å². The molecule has 2 saturated heterocycles. The molecule has 176 valence electrons. The molecule has 5 unspecified atom stereocenters. The van der Waals surface area contributed by atoms with Crippen molar-refractivity contribution in [3.63, 3.8) is 0 Å². The predicted octanol–water partition coefficient (Wildman–Crippen LogP) is -3.86. The van der Waals surface area contributed by atoms with E-state index in [9.17, 15) is 35.4 Å². The molecule has 30 heavy (non-hydrogen) atoms. The number of aliphatic hydroxyl groups excluding tert-OH is 6. The third kappa shape index (κ3) is 5.83. The molecule has 0 saturated carbocycles. The Morgan fingerprint density at radius 1 is 0.933 bits per heavy atom. The summed E-state index contributed by atoms with van der Waals surface area (Å²) in [5, 5.41) is 69.0. The van der Waals surface area contributed by atoms with Crippen LogP contribution in [0, 0.1) is 0 Å². The zero-order chi connectivity index (χ0) is 22.6. The molecule has 2 aliphatic rings. The third-order valence-corrected chi connectivity index (χ3v) is 4.94. The highest BCUT2D eigenvalue weighted by Gasteiger charge is 2.51. The van der Waals surface area contributed by atoms with E-state index in [-0.39, 0.29) is 13.0 Å². The number of rotatable bonds is 9. The Balaban J connectivity index is 2.20. The second-order valence-corrected chi connectivity index (χ2v) is 7.32. The summed E-state index contributed by atoms with van der Waals surface area (Å²) in [6, 6.07) is 0. The Morgan fingerprint density at radius 3 is 2.10 bits per heavy atom. The van der Waals surface area contributed by atoms with Crippen molar-refractivity contribution >= 4 is 5.97 Å². The van der Waals surface area contributed by atoms with Crippen molar-refractivity contribution in [2.75, 3.05) is 20.3 Å². The van der Waals surface area contributed by atoms with Crippen LogP contribution in [0.2, 0.25) is 0 Å². The minimum Gasteiger partial charge on any atom is -0.481 e. The predicted molar refractivity (Wildman–Crippen MR) is 94.0 cm³/mol. The smallest absolute Gasteiger partial charge is 0.305 e. The van der Waals surface area contributed by atoms with Gasteiger partial charge in [-0.2, -0.15) is 0 Å². The molecule has 0 radical (unpaired) electrons. The molecule has 0 bridgehead atoms. The van der Waals surface area contributed by atoms with Crippen LogP contribution in [0.4, 0.5) is 0 Å². The van der Waals surface area contributed by atoms with Crippen molar-refractivity contribution in [3.05, 3.63) is 0 Å². The van der Waals surface area contributed by atoms with Gasteiger partial charge in [-0.1, -0.05) is 0 Å².